The lowest BCUT2D eigenvalue weighted by atomic mass is 9.79. The fraction of sp³-hybridized carbons (Fsp3) is 1.00. The maximum Gasteiger partial charge on any atom is 0.00667 e. The van der Waals surface area contributed by atoms with Gasteiger partial charge in [0.05, 0.1) is 0 Å². The summed E-state index contributed by atoms with van der Waals surface area (Å²) in [6, 6.07) is 0.800. The molecule has 0 aromatic rings. The average Bonchev–Trinajstić information content (AvgIpc) is 2.14. The summed E-state index contributed by atoms with van der Waals surface area (Å²) in [6.45, 7) is 7.06. The van der Waals surface area contributed by atoms with Crippen molar-refractivity contribution in [2.24, 2.45) is 11.3 Å². The zero-order valence-electron chi connectivity index (χ0n) is 10.4. The molecule has 0 spiro atoms. The van der Waals surface area contributed by atoms with Crippen molar-refractivity contribution in [1.82, 2.24) is 5.32 Å². The van der Waals surface area contributed by atoms with Gasteiger partial charge in [0.25, 0.3) is 0 Å². The molecule has 1 rings (SSSR count). The van der Waals surface area contributed by atoms with Gasteiger partial charge in [-0.1, -0.05) is 33.6 Å². The second-order valence-electron chi connectivity index (χ2n) is 6.12. The molecule has 0 amide bonds. The summed E-state index contributed by atoms with van der Waals surface area (Å²) in [6.07, 6.45) is 8.51. The van der Waals surface area contributed by atoms with E-state index in [4.69, 9.17) is 0 Å². The van der Waals surface area contributed by atoms with Crippen molar-refractivity contribution in [2.45, 2.75) is 65.3 Å². The Bertz CT molecular complexity index is 157. The molecule has 14 heavy (non-hydrogen) atoms. The second kappa shape index (κ2) is 5.16. The summed E-state index contributed by atoms with van der Waals surface area (Å²) in [5.41, 5.74) is 0.520. The molecule has 0 radical (unpaired) electrons. The van der Waals surface area contributed by atoms with E-state index in [9.17, 15) is 0 Å². The van der Waals surface area contributed by atoms with Crippen LogP contribution in [0.1, 0.15) is 59.3 Å². The van der Waals surface area contributed by atoms with Crippen molar-refractivity contribution in [2.75, 3.05) is 7.05 Å². The fourth-order valence-electron chi connectivity index (χ4n) is 2.45. The van der Waals surface area contributed by atoms with Gasteiger partial charge in [-0.05, 0) is 44.1 Å². The smallest absolute Gasteiger partial charge is 0.00667 e. The monoisotopic (exact) mass is 197 g/mol. The SMILES string of the molecule is CNC1CCCC(CCC(C)(C)C)C1. The Labute approximate surface area is 89.7 Å². The molecule has 2 unspecified atom stereocenters. The minimum absolute atomic E-state index is 0.520. The first-order valence-electron chi connectivity index (χ1n) is 6.18. The molecule has 0 bridgehead atoms. The number of rotatable bonds is 3. The molecule has 0 saturated heterocycles. The maximum absolute atomic E-state index is 3.43. The third-order valence-electron chi connectivity index (χ3n) is 3.49. The van der Waals surface area contributed by atoms with E-state index in [0.29, 0.717) is 5.41 Å². The van der Waals surface area contributed by atoms with E-state index in [-0.39, 0.29) is 0 Å². The van der Waals surface area contributed by atoms with Gasteiger partial charge in [-0.25, -0.2) is 0 Å². The van der Waals surface area contributed by atoms with E-state index in [2.05, 4.69) is 33.1 Å². The molecule has 1 nitrogen and oxygen atoms in total. The maximum atomic E-state index is 3.43. The third-order valence-corrected chi connectivity index (χ3v) is 3.49. The topological polar surface area (TPSA) is 12.0 Å². The van der Waals surface area contributed by atoms with Crippen molar-refractivity contribution in [3.8, 4) is 0 Å². The zero-order valence-corrected chi connectivity index (χ0v) is 10.4. The molecule has 1 N–H and O–H groups in total. The average molecular weight is 197 g/mol. The molecular weight excluding hydrogens is 170 g/mol. The van der Waals surface area contributed by atoms with Crippen molar-refractivity contribution in [3.05, 3.63) is 0 Å². The van der Waals surface area contributed by atoms with Crippen LogP contribution in [0.4, 0.5) is 0 Å². The van der Waals surface area contributed by atoms with Gasteiger partial charge in [0, 0.05) is 6.04 Å². The summed E-state index contributed by atoms with van der Waals surface area (Å²) >= 11 is 0. The Morgan fingerprint density at radius 3 is 2.50 bits per heavy atom. The first-order chi connectivity index (χ1) is 6.51. The van der Waals surface area contributed by atoms with E-state index in [1.54, 1.807) is 0 Å². The van der Waals surface area contributed by atoms with Crippen LogP contribution in [-0.4, -0.2) is 13.1 Å². The largest absolute Gasteiger partial charge is 0.317 e. The summed E-state index contributed by atoms with van der Waals surface area (Å²) in [5.74, 6) is 0.987. The Kier molecular flexibility index (Phi) is 4.43. The summed E-state index contributed by atoms with van der Waals surface area (Å²) in [5, 5.41) is 3.43. The van der Waals surface area contributed by atoms with Crippen LogP contribution in [0.3, 0.4) is 0 Å². The first kappa shape index (κ1) is 12.0. The Hall–Kier alpha value is -0.0400. The third kappa shape index (κ3) is 4.45. The molecule has 1 fully saturated rings. The minimum atomic E-state index is 0.520. The molecule has 0 aromatic heterocycles. The molecule has 0 heterocycles. The molecule has 2 atom stereocenters. The summed E-state index contributed by atoms with van der Waals surface area (Å²) in [4.78, 5) is 0. The highest BCUT2D eigenvalue weighted by Gasteiger charge is 2.22. The highest BCUT2D eigenvalue weighted by atomic mass is 14.9. The van der Waals surface area contributed by atoms with Gasteiger partial charge in [0.2, 0.25) is 0 Å². The number of hydrogen-bond acceptors (Lipinski definition) is 1. The van der Waals surface area contributed by atoms with E-state index >= 15 is 0 Å². The van der Waals surface area contributed by atoms with Crippen LogP contribution in [0.2, 0.25) is 0 Å². The van der Waals surface area contributed by atoms with Gasteiger partial charge < -0.3 is 5.32 Å². The van der Waals surface area contributed by atoms with Crippen LogP contribution < -0.4 is 5.32 Å². The summed E-state index contributed by atoms with van der Waals surface area (Å²) in [7, 11) is 2.11. The number of nitrogens with one attached hydrogen (secondary N) is 1. The van der Waals surface area contributed by atoms with Crippen LogP contribution in [0.25, 0.3) is 0 Å². The lowest BCUT2D eigenvalue weighted by Gasteiger charge is -2.30. The van der Waals surface area contributed by atoms with Gasteiger partial charge >= 0.3 is 0 Å². The lowest BCUT2D eigenvalue weighted by Crippen LogP contribution is -2.31. The van der Waals surface area contributed by atoms with Crippen molar-refractivity contribution >= 4 is 0 Å². The van der Waals surface area contributed by atoms with Crippen LogP contribution in [0.15, 0.2) is 0 Å². The van der Waals surface area contributed by atoms with Gasteiger partial charge in [0.15, 0.2) is 0 Å². The predicted molar refractivity (Wildman–Crippen MR) is 63.5 cm³/mol. The van der Waals surface area contributed by atoms with Crippen molar-refractivity contribution < 1.29 is 0 Å². The molecule has 1 saturated carbocycles. The molecule has 0 aromatic carbocycles. The highest BCUT2D eigenvalue weighted by molar-refractivity contribution is 4.78. The van der Waals surface area contributed by atoms with Gasteiger partial charge in [-0.2, -0.15) is 0 Å². The number of hydrogen-bond donors (Lipinski definition) is 1. The Morgan fingerprint density at radius 2 is 1.93 bits per heavy atom. The zero-order chi connectivity index (χ0) is 10.6. The van der Waals surface area contributed by atoms with Crippen LogP contribution in [0.5, 0.6) is 0 Å². The Balaban J connectivity index is 2.24. The van der Waals surface area contributed by atoms with Crippen LogP contribution >= 0.6 is 0 Å². The van der Waals surface area contributed by atoms with Gasteiger partial charge in [-0.15, -0.1) is 0 Å². The minimum Gasteiger partial charge on any atom is -0.317 e. The molecule has 0 aliphatic heterocycles. The first-order valence-corrected chi connectivity index (χ1v) is 6.18. The molecular formula is C13H27N. The molecule has 84 valence electrons. The lowest BCUT2D eigenvalue weighted by molar-refractivity contribution is 0.244. The normalized spacial score (nSPS) is 29.1. The van der Waals surface area contributed by atoms with Crippen molar-refractivity contribution in [3.63, 3.8) is 0 Å². The van der Waals surface area contributed by atoms with E-state index in [0.717, 1.165) is 12.0 Å². The molecule has 1 aliphatic carbocycles. The standard InChI is InChI=1S/C13H27N/c1-13(2,3)9-8-11-6-5-7-12(10-11)14-4/h11-12,14H,5-10H2,1-4H3. The molecule has 1 heteroatoms. The quantitative estimate of drug-likeness (QED) is 0.729. The Morgan fingerprint density at radius 1 is 1.21 bits per heavy atom. The fourth-order valence-corrected chi connectivity index (χ4v) is 2.45. The second-order valence-corrected chi connectivity index (χ2v) is 6.12. The van der Waals surface area contributed by atoms with E-state index < -0.39 is 0 Å². The van der Waals surface area contributed by atoms with E-state index in [1.807, 2.05) is 0 Å². The van der Waals surface area contributed by atoms with Crippen molar-refractivity contribution in [1.29, 1.82) is 0 Å². The van der Waals surface area contributed by atoms with Gasteiger partial charge in [-0.3, -0.25) is 0 Å². The van der Waals surface area contributed by atoms with Crippen LogP contribution in [-0.2, 0) is 0 Å². The highest BCUT2D eigenvalue weighted by Crippen LogP contribution is 2.31. The summed E-state index contributed by atoms with van der Waals surface area (Å²) < 4.78 is 0. The van der Waals surface area contributed by atoms with Gasteiger partial charge in [0.1, 0.15) is 0 Å². The van der Waals surface area contributed by atoms with E-state index in [1.165, 1.54) is 38.5 Å². The molecule has 1 aliphatic rings. The predicted octanol–water partition coefficient (Wildman–Crippen LogP) is 3.59. The van der Waals surface area contributed by atoms with Crippen LogP contribution in [0, 0.1) is 11.3 Å².